The lowest BCUT2D eigenvalue weighted by Gasteiger charge is -2.11. The second-order valence-electron chi connectivity index (χ2n) is 4.46. The molecule has 1 unspecified atom stereocenters. The van der Waals surface area contributed by atoms with Gasteiger partial charge in [0.25, 0.3) is 10.0 Å². The highest BCUT2D eigenvalue weighted by Gasteiger charge is 2.16. The molecule has 1 heterocycles. The fraction of sp³-hybridized carbons (Fsp3) is 0.214. The Morgan fingerprint density at radius 1 is 1.33 bits per heavy atom. The van der Waals surface area contributed by atoms with Crippen LogP contribution in [0.4, 0.5) is 10.2 Å². The quantitative estimate of drug-likeness (QED) is 0.889. The fourth-order valence-electron chi connectivity index (χ4n) is 1.76. The van der Waals surface area contributed by atoms with Crippen LogP contribution in [0, 0.1) is 5.82 Å². The van der Waals surface area contributed by atoms with E-state index in [0.29, 0.717) is 12.0 Å². The van der Waals surface area contributed by atoms with Crippen LogP contribution >= 0.6 is 0 Å². The van der Waals surface area contributed by atoms with Gasteiger partial charge in [0.1, 0.15) is 11.6 Å². The summed E-state index contributed by atoms with van der Waals surface area (Å²) in [5, 5.41) is 9.77. The summed E-state index contributed by atoms with van der Waals surface area (Å²) in [7, 11) is -3.84. The predicted molar refractivity (Wildman–Crippen MR) is 76.7 cm³/mol. The van der Waals surface area contributed by atoms with Crippen molar-refractivity contribution in [2.75, 3.05) is 4.72 Å². The maximum atomic E-state index is 12.8. The molecule has 1 atom stereocenters. The number of pyridine rings is 1. The van der Waals surface area contributed by atoms with Gasteiger partial charge in [0.15, 0.2) is 0 Å². The van der Waals surface area contributed by atoms with Gasteiger partial charge in [-0.3, -0.25) is 4.72 Å². The van der Waals surface area contributed by atoms with Crippen molar-refractivity contribution < 1.29 is 17.9 Å². The van der Waals surface area contributed by atoms with E-state index < -0.39 is 21.9 Å². The summed E-state index contributed by atoms with van der Waals surface area (Å²) in [4.78, 5) is 3.66. The van der Waals surface area contributed by atoms with Gasteiger partial charge in [-0.2, -0.15) is 0 Å². The van der Waals surface area contributed by atoms with Gasteiger partial charge in [-0.25, -0.2) is 17.8 Å². The van der Waals surface area contributed by atoms with Crippen molar-refractivity contribution in [3.05, 3.63) is 54.0 Å². The van der Waals surface area contributed by atoms with E-state index in [0.717, 1.165) is 12.3 Å². The summed E-state index contributed by atoms with van der Waals surface area (Å²) < 4.78 is 39.5. The average molecular weight is 310 g/mol. The Morgan fingerprint density at radius 3 is 2.71 bits per heavy atom. The molecule has 0 radical (unpaired) electrons. The highest BCUT2D eigenvalue weighted by atomic mass is 32.2. The van der Waals surface area contributed by atoms with Gasteiger partial charge in [-0.15, -0.1) is 0 Å². The first-order chi connectivity index (χ1) is 9.92. The molecule has 0 amide bonds. The molecule has 112 valence electrons. The van der Waals surface area contributed by atoms with Crippen LogP contribution in [0.5, 0.6) is 0 Å². The molecule has 0 aliphatic carbocycles. The van der Waals surface area contributed by atoms with Crippen molar-refractivity contribution in [3.63, 3.8) is 0 Å². The molecule has 0 aliphatic rings. The van der Waals surface area contributed by atoms with E-state index in [4.69, 9.17) is 0 Å². The van der Waals surface area contributed by atoms with E-state index in [9.17, 15) is 17.9 Å². The molecular formula is C14H15FN2O3S. The first-order valence-corrected chi connectivity index (χ1v) is 7.83. The van der Waals surface area contributed by atoms with Crippen molar-refractivity contribution in [3.8, 4) is 0 Å². The molecule has 2 rings (SSSR count). The molecule has 0 bridgehead atoms. The Labute approximate surface area is 122 Å². The zero-order chi connectivity index (χ0) is 15.5. The third-order valence-corrected chi connectivity index (χ3v) is 4.26. The molecule has 0 aliphatic heterocycles. The number of aliphatic hydroxyl groups is 1. The third-order valence-electron chi connectivity index (χ3n) is 2.91. The summed E-state index contributed by atoms with van der Waals surface area (Å²) in [6.45, 7) is 1.80. The van der Waals surface area contributed by atoms with Crippen LogP contribution in [0.2, 0.25) is 0 Å². The molecule has 0 fully saturated rings. The van der Waals surface area contributed by atoms with Gasteiger partial charge in [-0.1, -0.05) is 19.1 Å². The molecule has 1 aromatic carbocycles. The molecular weight excluding hydrogens is 295 g/mol. The number of benzene rings is 1. The number of nitrogens with one attached hydrogen (secondary N) is 1. The van der Waals surface area contributed by atoms with E-state index in [1.165, 1.54) is 18.2 Å². The van der Waals surface area contributed by atoms with Crippen LogP contribution in [-0.4, -0.2) is 18.5 Å². The van der Waals surface area contributed by atoms with Crippen LogP contribution in [-0.2, 0) is 10.0 Å². The molecule has 0 saturated carbocycles. The standard InChI is InChI=1S/C14H15FN2O3S/c1-2-13(18)10-4-3-5-12(8-10)21(19,20)17-14-7-6-11(15)9-16-14/h3-9,13,18H,2H2,1H3,(H,16,17). The Hall–Kier alpha value is -1.99. The molecule has 0 spiro atoms. The van der Waals surface area contributed by atoms with Gasteiger partial charge in [0.05, 0.1) is 17.2 Å². The summed E-state index contributed by atoms with van der Waals surface area (Å²) in [6, 6.07) is 8.38. The van der Waals surface area contributed by atoms with Crippen LogP contribution in [0.3, 0.4) is 0 Å². The normalized spacial score (nSPS) is 12.9. The first-order valence-electron chi connectivity index (χ1n) is 6.35. The minimum Gasteiger partial charge on any atom is -0.388 e. The van der Waals surface area contributed by atoms with Gasteiger partial charge in [0.2, 0.25) is 0 Å². The van der Waals surface area contributed by atoms with Gasteiger partial charge < -0.3 is 5.11 Å². The average Bonchev–Trinajstić information content (AvgIpc) is 2.49. The lowest BCUT2D eigenvalue weighted by atomic mass is 10.1. The highest BCUT2D eigenvalue weighted by molar-refractivity contribution is 7.92. The van der Waals surface area contributed by atoms with Gasteiger partial charge in [0, 0.05) is 0 Å². The number of hydrogen-bond acceptors (Lipinski definition) is 4. The molecule has 2 N–H and O–H groups in total. The molecule has 5 nitrogen and oxygen atoms in total. The molecule has 7 heteroatoms. The van der Waals surface area contributed by atoms with Gasteiger partial charge in [-0.05, 0) is 36.2 Å². The van der Waals surface area contributed by atoms with E-state index in [-0.39, 0.29) is 10.7 Å². The second-order valence-corrected chi connectivity index (χ2v) is 6.15. The fourth-order valence-corrected chi connectivity index (χ4v) is 2.82. The van der Waals surface area contributed by atoms with E-state index in [1.54, 1.807) is 19.1 Å². The van der Waals surface area contributed by atoms with Crippen molar-refractivity contribution in [1.82, 2.24) is 4.98 Å². The van der Waals surface area contributed by atoms with E-state index in [2.05, 4.69) is 9.71 Å². The van der Waals surface area contributed by atoms with Crippen LogP contribution in [0.15, 0.2) is 47.5 Å². The number of nitrogens with zero attached hydrogens (tertiary/aromatic N) is 1. The largest absolute Gasteiger partial charge is 0.388 e. The topological polar surface area (TPSA) is 79.3 Å². The molecule has 21 heavy (non-hydrogen) atoms. The molecule has 2 aromatic rings. The minimum absolute atomic E-state index is 0.0126. The lowest BCUT2D eigenvalue weighted by Crippen LogP contribution is -2.14. The lowest BCUT2D eigenvalue weighted by molar-refractivity contribution is 0.173. The van der Waals surface area contributed by atoms with Crippen LogP contribution < -0.4 is 4.72 Å². The maximum Gasteiger partial charge on any atom is 0.263 e. The Morgan fingerprint density at radius 2 is 2.10 bits per heavy atom. The summed E-state index contributed by atoms with van der Waals surface area (Å²) in [5.41, 5.74) is 0.521. The van der Waals surface area contributed by atoms with Crippen LogP contribution in [0.1, 0.15) is 25.0 Å². The SMILES string of the molecule is CCC(O)c1cccc(S(=O)(=O)Nc2ccc(F)cn2)c1. The number of hydrogen-bond donors (Lipinski definition) is 2. The smallest absolute Gasteiger partial charge is 0.263 e. The number of rotatable bonds is 5. The minimum atomic E-state index is -3.84. The van der Waals surface area contributed by atoms with E-state index in [1.807, 2.05) is 0 Å². The summed E-state index contributed by atoms with van der Waals surface area (Å²) in [6.07, 6.45) is 0.690. The Balaban J connectivity index is 2.29. The zero-order valence-electron chi connectivity index (χ0n) is 11.3. The number of sulfonamides is 1. The number of halogens is 1. The number of aromatic nitrogens is 1. The van der Waals surface area contributed by atoms with Crippen molar-refractivity contribution in [1.29, 1.82) is 0 Å². The molecule has 0 saturated heterocycles. The third kappa shape index (κ3) is 3.77. The summed E-state index contributed by atoms with van der Waals surface area (Å²) >= 11 is 0. The van der Waals surface area contributed by atoms with Gasteiger partial charge >= 0.3 is 0 Å². The summed E-state index contributed by atoms with van der Waals surface area (Å²) in [5.74, 6) is -0.524. The zero-order valence-corrected chi connectivity index (χ0v) is 12.1. The number of aliphatic hydroxyl groups excluding tert-OH is 1. The Bertz CT molecular complexity index is 717. The predicted octanol–water partition coefficient (Wildman–Crippen LogP) is 2.46. The molecule has 1 aromatic heterocycles. The maximum absolute atomic E-state index is 12.8. The van der Waals surface area contributed by atoms with E-state index >= 15 is 0 Å². The Kier molecular flexibility index (Phi) is 4.54. The highest BCUT2D eigenvalue weighted by Crippen LogP contribution is 2.21. The van der Waals surface area contributed by atoms with Crippen molar-refractivity contribution in [2.45, 2.75) is 24.3 Å². The monoisotopic (exact) mass is 310 g/mol. The second kappa shape index (κ2) is 6.19. The van der Waals surface area contributed by atoms with Crippen LogP contribution in [0.25, 0.3) is 0 Å². The van der Waals surface area contributed by atoms with Crippen molar-refractivity contribution >= 4 is 15.8 Å². The van der Waals surface area contributed by atoms with Crippen molar-refractivity contribution in [2.24, 2.45) is 0 Å². The number of anilines is 1. The first kappa shape index (κ1) is 15.4.